The van der Waals surface area contributed by atoms with Crippen LogP contribution in [0.4, 0.5) is 8.78 Å². The number of halogens is 2. The number of benzene rings is 1. The molecule has 1 aromatic carbocycles. The van der Waals surface area contributed by atoms with E-state index in [4.69, 9.17) is 0 Å². The summed E-state index contributed by atoms with van der Waals surface area (Å²) in [6.07, 6.45) is 6.81. The molecule has 0 saturated heterocycles. The van der Waals surface area contributed by atoms with E-state index < -0.39 is 27.4 Å². The molecular formula is C17H16F2N4O2S. The first-order valence-electron chi connectivity index (χ1n) is 7.77. The SMILES string of the molecule is O=S(=O)(Cc1cc(F)ccc1F)NCCn1cc(-c2ccncc2)cn1. The van der Waals surface area contributed by atoms with Gasteiger partial charge < -0.3 is 0 Å². The number of aromatic nitrogens is 3. The van der Waals surface area contributed by atoms with Crippen molar-refractivity contribution in [1.29, 1.82) is 0 Å². The molecule has 2 aromatic heterocycles. The van der Waals surface area contributed by atoms with Crippen LogP contribution in [0.5, 0.6) is 0 Å². The van der Waals surface area contributed by atoms with Crippen molar-refractivity contribution in [3.63, 3.8) is 0 Å². The van der Waals surface area contributed by atoms with Gasteiger partial charge in [0, 0.05) is 36.3 Å². The first-order chi connectivity index (χ1) is 12.4. The second kappa shape index (κ2) is 7.71. The van der Waals surface area contributed by atoms with Crippen molar-refractivity contribution in [2.45, 2.75) is 12.3 Å². The molecule has 136 valence electrons. The van der Waals surface area contributed by atoms with Gasteiger partial charge in [-0.1, -0.05) is 0 Å². The van der Waals surface area contributed by atoms with Gasteiger partial charge >= 0.3 is 0 Å². The topological polar surface area (TPSA) is 76.9 Å². The van der Waals surface area contributed by atoms with Crippen molar-refractivity contribution < 1.29 is 17.2 Å². The largest absolute Gasteiger partial charge is 0.271 e. The Morgan fingerprint density at radius 3 is 2.62 bits per heavy atom. The van der Waals surface area contributed by atoms with E-state index in [9.17, 15) is 17.2 Å². The Morgan fingerprint density at radius 2 is 1.85 bits per heavy atom. The molecule has 0 spiro atoms. The normalized spacial score (nSPS) is 11.6. The molecular weight excluding hydrogens is 362 g/mol. The Kier molecular flexibility index (Phi) is 5.38. The van der Waals surface area contributed by atoms with Gasteiger partial charge in [0.15, 0.2) is 0 Å². The third-order valence-electron chi connectivity index (χ3n) is 3.66. The number of pyridine rings is 1. The Hall–Kier alpha value is -2.65. The summed E-state index contributed by atoms with van der Waals surface area (Å²) in [7, 11) is -3.80. The molecule has 3 rings (SSSR count). The molecule has 0 aliphatic carbocycles. The van der Waals surface area contributed by atoms with E-state index >= 15 is 0 Å². The second-order valence-electron chi connectivity index (χ2n) is 5.62. The minimum absolute atomic E-state index is 0.0801. The maximum absolute atomic E-state index is 13.6. The van der Waals surface area contributed by atoms with E-state index in [1.54, 1.807) is 29.5 Å². The van der Waals surface area contributed by atoms with E-state index in [1.807, 2.05) is 12.1 Å². The Labute approximate surface area is 149 Å². The number of nitrogens with one attached hydrogen (secondary N) is 1. The van der Waals surface area contributed by atoms with Crippen LogP contribution in [0.15, 0.2) is 55.1 Å². The summed E-state index contributed by atoms with van der Waals surface area (Å²) in [6, 6.07) is 6.42. The third kappa shape index (κ3) is 4.70. The summed E-state index contributed by atoms with van der Waals surface area (Å²) in [5.74, 6) is -2.07. The molecule has 0 atom stereocenters. The zero-order chi connectivity index (χ0) is 18.6. The molecule has 0 amide bonds. The molecule has 0 saturated carbocycles. The number of hydrogen-bond donors (Lipinski definition) is 1. The lowest BCUT2D eigenvalue weighted by Crippen LogP contribution is -2.29. The molecule has 9 heteroatoms. The van der Waals surface area contributed by atoms with Crippen molar-refractivity contribution in [1.82, 2.24) is 19.5 Å². The van der Waals surface area contributed by atoms with E-state index in [1.165, 1.54) is 0 Å². The second-order valence-corrected chi connectivity index (χ2v) is 7.42. The Balaban J connectivity index is 1.57. The summed E-state index contributed by atoms with van der Waals surface area (Å²) < 4.78 is 54.8. The van der Waals surface area contributed by atoms with Gasteiger partial charge in [-0.2, -0.15) is 5.10 Å². The average molecular weight is 378 g/mol. The standard InChI is InChI=1S/C17H16F2N4O2S/c18-16-1-2-17(19)14(9-16)12-26(24,25)22-7-8-23-11-15(10-21-23)13-3-5-20-6-4-13/h1-6,9-11,22H,7-8,12H2. The predicted octanol–water partition coefficient (Wildman–Crippen LogP) is 2.34. The van der Waals surface area contributed by atoms with Gasteiger partial charge in [-0.25, -0.2) is 21.9 Å². The fourth-order valence-electron chi connectivity index (χ4n) is 2.40. The maximum Gasteiger partial charge on any atom is 0.215 e. The van der Waals surface area contributed by atoms with Crippen molar-refractivity contribution in [3.8, 4) is 11.1 Å². The summed E-state index contributed by atoms with van der Waals surface area (Å²) in [4.78, 5) is 3.95. The highest BCUT2D eigenvalue weighted by Gasteiger charge is 2.15. The zero-order valence-electron chi connectivity index (χ0n) is 13.6. The van der Waals surface area contributed by atoms with Crippen molar-refractivity contribution in [3.05, 3.63) is 72.3 Å². The molecule has 2 heterocycles. The van der Waals surface area contributed by atoms with Crippen LogP contribution >= 0.6 is 0 Å². The summed E-state index contributed by atoms with van der Waals surface area (Å²) >= 11 is 0. The van der Waals surface area contributed by atoms with Gasteiger partial charge in [0.25, 0.3) is 0 Å². The minimum atomic E-state index is -3.80. The lowest BCUT2D eigenvalue weighted by Gasteiger charge is -2.08. The molecule has 3 aromatic rings. The number of nitrogens with zero attached hydrogens (tertiary/aromatic N) is 3. The summed E-state index contributed by atoms with van der Waals surface area (Å²) in [6.45, 7) is 0.382. The van der Waals surface area contributed by atoms with E-state index in [0.29, 0.717) is 6.54 Å². The quantitative estimate of drug-likeness (QED) is 0.685. The molecule has 0 radical (unpaired) electrons. The molecule has 0 fully saturated rings. The van der Waals surface area contributed by atoms with Crippen LogP contribution in [0.1, 0.15) is 5.56 Å². The van der Waals surface area contributed by atoms with Crippen molar-refractivity contribution in [2.75, 3.05) is 6.54 Å². The molecule has 1 N–H and O–H groups in total. The minimum Gasteiger partial charge on any atom is -0.271 e. The summed E-state index contributed by atoms with van der Waals surface area (Å²) in [5.41, 5.74) is 1.63. The van der Waals surface area contributed by atoms with Crippen LogP contribution < -0.4 is 4.72 Å². The molecule has 26 heavy (non-hydrogen) atoms. The monoisotopic (exact) mass is 378 g/mol. The van der Waals surface area contributed by atoms with E-state index in [-0.39, 0.29) is 12.1 Å². The van der Waals surface area contributed by atoms with Crippen LogP contribution in [-0.2, 0) is 22.3 Å². The lowest BCUT2D eigenvalue weighted by atomic mass is 10.1. The van der Waals surface area contributed by atoms with E-state index in [2.05, 4.69) is 14.8 Å². The van der Waals surface area contributed by atoms with Crippen LogP contribution in [0.3, 0.4) is 0 Å². The zero-order valence-corrected chi connectivity index (χ0v) is 14.5. The maximum atomic E-state index is 13.6. The van der Waals surface area contributed by atoms with Gasteiger partial charge in [0.05, 0.1) is 18.5 Å². The smallest absolute Gasteiger partial charge is 0.215 e. The van der Waals surface area contributed by atoms with Crippen LogP contribution in [0.2, 0.25) is 0 Å². The Morgan fingerprint density at radius 1 is 1.08 bits per heavy atom. The fourth-order valence-corrected chi connectivity index (χ4v) is 3.54. The summed E-state index contributed by atoms with van der Waals surface area (Å²) in [5, 5.41) is 4.17. The predicted molar refractivity (Wildman–Crippen MR) is 92.4 cm³/mol. The highest BCUT2D eigenvalue weighted by atomic mass is 32.2. The number of hydrogen-bond acceptors (Lipinski definition) is 4. The van der Waals surface area contributed by atoms with E-state index in [0.717, 1.165) is 29.3 Å². The van der Waals surface area contributed by atoms with Crippen LogP contribution in [0.25, 0.3) is 11.1 Å². The molecule has 6 nitrogen and oxygen atoms in total. The van der Waals surface area contributed by atoms with Crippen molar-refractivity contribution in [2.24, 2.45) is 0 Å². The highest BCUT2D eigenvalue weighted by Crippen LogP contribution is 2.16. The van der Waals surface area contributed by atoms with Gasteiger partial charge in [0.1, 0.15) is 11.6 Å². The first kappa shape index (κ1) is 18.2. The average Bonchev–Trinajstić information content (AvgIpc) is 3.07. The van der Waals surface area contributed by atoms with Gasteiger partial charge in [-0.3, -0.25) is 9.67 Å². The first-order valence-corrected chi connectivity index (χ1v) is 9.42. The molecule has 0 aliphatic heterocycles. The number of sulfonamides is 1. The van der Waals surface area contributed by atoms with Crippen LogP contribution in [-0.4, -0.2) is 29.7 Å². The lowest BCUT2D eigenvalue weighted by molar-refractivity contribution is 0.555. The van der Waals surface area contributed by atoms with Gasteiger partial charge in [-0.05, 0) is 35.9 Å². The van der Waals surface area contributed by atoms with Crippen molar-refractivity contribution >= 4 is 10.0 Å². The van der Waals surface area contributed by atoms with Crippen LogP contribution in [0, 0.1) is 11.6 Å². The number of rotatable bonds is 7. The highest BCUT2D eigenvalue weighted by molar-refractivity contribution is 7.88. The molecule has 0 aliphatic rings. The fraction of sp³-hybridized carbons (Fsp3) is 0.176. The molecule has 0 unspecified atom stereocenters. The Bertz CT molecular complexity index is 991. The van der Waals surface area contributed by atoms with Gasteiger partial charge in [-0.15, -0.1) is 0 Å². The molecule has 0 bridgehead atoms. The third-order valence-corrected chi connectivity index (χ3v) is 5.00. The van der Waals surface area contributed by atoms with Gasteiger partial charge in [0.2, 0.25) is 10.0 Å².